The third-order valence-electron chi connectivity index (χ3n) is 9.43. The van der Waals surface area contributed by atoms with Gasteiger partial charge in [-0.2, -0.15) is 0 Å². The quantitative estimate of drug-likeness (QED) is 0.124. The van der Waals surface area contributed by atoms with Crippen molar-refractivity contribution in [2.75, 3.05) is 50.3 Å². The van der Waals surface area contributed by atoms with Crippen molar-refractivity contribution < 1.29 is 29.9 Å². The van der Waals surface area contributed by atoms with E-state index in [2.05, 4.69) is 55.5 Å². The number of aromatic amines is 1. The van der Waals surface area contributed by atoms with Gasteiger partial charge in [0.05, 0.1) is 52.8 Å². The van der Waals surface area contributed by atoms with Crippen LogP contribution in [0.15, 0.2) is 68.1 Å². The zero-order valence-electron chi connectivity index (χ0n) is 30.4. The fraction of sp³-hybridized carbons (Fsp3) is 0.450. The molecule has 1 aromatic carbocycles. The van der Waals surface area contributed by atoms with Crippen molar-refractivity contribution in [2.24, 2.45) is 9.98 Å². The Bertz CT molecular complexity index is 1900. The van der Waals surface area contributed by atoms with E-state index in [1.54, 1.807) is 0 Å². The number of benzene rings is 1. The lowest BCUT2D eigenvalue weighted by Gasteiger charge is -2.18. The van der Waals surface area contributed by atoms with E-state index in [0.717, 1.165) is 74.3 Å². The fourth-order valence-corrected chi connectivity index (χ4v) is 6.67. The highest BCUT2D eigenvalue weighted by Gasteiger charge is 2.25. The maximum atomic E-state index is 9.75. The van der Waals surface area contributed by atoms with E-state index >= 15 is 0 Å². The summed E-state index contributed by atoms with van der Waals surface area (Å²) >= 11 is 0. The van der Waals surface area contributed by atoms with Crippen LogP contribution in [0.5, 0.6) is 11.5 Å². The highest BCUT2D eigenvalue weighted by atomic mass is 16.5. The van der Waals surface area contributed by atoms with Gasteiger partial charge in [-0.15, -0.1) is 0 Å². The van der Waals surface area contributed by atoms with Crippen LogP contribution in [0.3, 0.4) is 0 Å². The lowest BCUT2D eigenvalue weighted by molar-refractivity contribution is 0.211. The second-order valence-corrected chi connectivity index (χ2v) is 12.8. The molecule has 5 rings (SSSR count). The molecular weight excluding hydrogens is 646 g/mol. The van der Waals surface area contributed by atoms with Gasteiger partial charge in [-0.3, -0.25) is 0 Å². The molecule has 51 heavy (non-hydrogen) atoms. The Morgan fingerprint density at radius 3 is 1.80 bits per heavy atom. The Morgan fingerprint density at radius 2 is 1.20 bits per heavy atom. The molecule has 11 nitrogen and oxygen atoms in total. The molecule has 0 unspecified atom stereocenters. The van der Waals surface area contributed by atoms with Crippen molar-refractivity contribution in [1.82, 2.24) is 4.98 Å². The van der Waals surface area contributed by atoms with Gasteiger partial charge in [0.1, 0.15) is 0 Å². The molecule has 0 saturated heterocycles. The summed E-state index contributed by atoms with van der Waals surface area (Å²) in [6.07, 6.45) is 13.3. The lowest BCUT2D eigenvalue weighted by Crippen LogP contribution is -2.16. The number of aliphatic hydroxyl groups is 4. The third-order valence-corrected chi connectivity index (χ3v) is 9.43. The van der Waals surface area contributed by atoms with Crippen LogP contribution in [-0.4, -0.2) is 76.5 Å². The van der Waals surface area contributed by atoms with Crippen LogP contribution in [0.2, 0.25) is 0 Å². The summed E-state index contributed by atoms with van der Waals surface area (Å²) in [7, 11) is 0. The summed E-state index contributed by atoms with van der Waals surface area (Å²) in [5.74, 6) is 1.02. The zero-order valence-corrected chi connectivity index (χ0v) is 30.4. The molecule has 11 heteroatoms. The molecular formula is C40H53N5O6. The molecule has 3 aliphatic heterocycles. The summed E-state index contributed by atoms with van der Waals surface area (Å²) in [5, 5.41) is 47.1. The largest absolute Gasteiger partial charge is 0.490 e. The van der Waals surface area contributed by atoms with Gasteiger partial charge in [0, 0.05) is 69.2 Å². The number of anilines is 2. The first kappa shape index (κ1) is 37.8. The number of H-pyrrole nitrogens is 1. The van der Waals surface area contributed by atoms with Gasteiger partial charge < -0.3 is 45.5 Å². The summed E-state index contributed by atoms with van der Waals surface area (Å²) in [6.45, 7) is 9.28. The molecule has 6 bridgehead atoms. The van der Waals surface area contributed by atoms with Gasteiger partial charge in [-0.25, -0.2) is 9.98 Å². The van der Waals surface area contributed by atoms with E-state index in [1.165, 1.54) is 11.1 Å². The minimum Gasteiger partial charge on any atom is -0.490 e. The number of ether oxygens (including phenoxy) is 2. The zero-order chi connectivity index (χ0) is 36.3. The first-order valence-corrected chi connectivity index (χ1v) is 18.2. The Hall–Kier alpha value is -4.42. The summed E-state index contributed by atoms with van der Waals surface area (Å²) in [4.78, 5) is 13.9. The lowest BCUT2D eigenvalue weighted by atomic mass is 9.96. The molecule has 274 valence electrons. The number of allylic oxidation sites excluding steroid dienone is 5. The fourth-order valence-electron chi connectivity index (χ4n) is 6.67. The van der Waals surface area contributed by atoms with E-state index in [9.17, 15) is 20.4 Å². The average molecular weight is 700 g/mol. The second-order valence-electron chi connectivity index (χ2n) is 12.8. The number of fused-ring (bicyclic) bond motifs is 5. The van der Waals surface area contributed by atoms with Crippen molar-refractivity contribution in [3.8, 4) is 11.5 Å². The van der Waals surface area contributed by atoms with Crippen LogP contribution in [-0.2, 0) is 6.42 Å². The summed E-state index contributed by atoms with van der Waals surface area (Å²) < 4.78 is 12.1. The molecule has 0 amide bonds. The average Bonchev–Trinajstić information content (AvgIpc) is 3.73. The van der Waals surface area contributed by atoms with Crippen LogP contribution in [0.1, 0.15) is 76.8 Å². The summed E-state index contributed by atoms with van der Waals surface area (Å²) in [6, 6.07) is 3.74. The van der Waals surface area contributed by atoms with Crippen molar-refractivity contribution in [3.63, 3.8) is 0 Å². The number of hydrogen-bond acceptors (Lipinski definition) is 10. The van der Waals surface area contributed by atoms with Crippen LogP contribution < -0.4 is 30.8 Å². The van der Waals surface area contributed by atoms with Gasteiger partial charge in [0.25, 0.3) is 0 Å². The van der Waals surface area contributed by atoms with Crippen molar-refractivity contribution >= 4 is 35.1 Å². The number of aliphatic imine (C=N–C) groups is 2. The molecule has 0 fully saturated rings. The van der Waals surface area contributed by atoms with E-state index in [-0.39, 0.29) is 26.4 Å². The SMILES string of the molecule is CCC1=C(CC)C2=NC1=CC1=NC(=CNc3cc(OCCCO)c(OCCCO)cc3NC=c3[nH]c(c(CCCO)c3C)=C2)C(C)=C1CCCO. The Kier molecular flexibility index (Phi) is 13.5. The molecule has 3 aliphatic rings. The molecule has 0 saturated carbocycles. The number of aromatic nitrogens is 1. The van der Waals surface area contributed by atoms with Gasteiger partial charge in [0.2, 0.25) is 0 Å². The van der Waals surface area contributed by atoms with Crippen LogP contribution in [0.25, 0.3) is 12.3 Å². The van der Waals surface area contributed by atoms with Gasteiger partial charge in [-0.05, 0) is 97.9 Å². The second kappa shape index (κ2) is 18.2. The highest BCUT2D eigenvalue weighted by Crippen LogP contribution is 2.39. The van der Waals surface area contributed by atoms with Gasteiger partial charge >= 0.3 is 0 Å². The summed E-state index contributed by atoms with van der Waals surface area (Å²) in [5.41, 5.74) is 11.6. The number of rotatable bonds is 16. The van der Waals surface area contributed by atoms with Crippen molar-refractivity contribution in [3.05, 3.63) is 79.9 Å². The third kappa shape index (κ3) is 8.73. The normalized spacial score (nSPS) is 15.5. The minimum atomic E-state index is 0.00424. The minimum absolute atomic E-state index is 0.00424. The molecule has 0 radical (unpaired) electrons. The standard InChI is InChI=1S/C40H53N5O6/c1-5-27-28(6-2)32-20-34-30(12-8-14-47)26(4)38(45-34)24-42-36-22-40(51-18-10-16-49)39(50-17-9-15-48)21-35(36)41-23-37-25(3)29(11-7-13-46)33(44-37)19-31(27)43-32/h19-24,41-42,44,46-49H,5-18H2,1-4H3. The Morgan fingerprint density at radius 1 is 0.627 bits per heavy atom. The molecule has 0 aliphatic carbocycles. The Labute approximate surface area is 300 Å². The predicted octanol–water partition coefficient (Wildman–Crippen LogP) is 4.67. The topological polar surface area (TPSA) is 164 Å². The molecule has 2 aromatic rings. The molecule has 1 aromatic heterocycles. The highest BCUT2D eigenvalue weighted by molar-refractivity contribution is 6.24. The van der Waals surface area contributed by atoms with E-state index in [4.69, 9.17) is 19.5 Å². The van der Waals surface area contributed by atoms with Crippen LogP contribution in [0.4, 0.5) is 11.4 Å². The first-order chi connectivity index (χ1) is 24.9. The first-order valence-electron chi connectivity index (χ1n) is 18.2. The smallest absolute Gasteiger partial charge is 0.163 e. The van der Waals surface area contributed by atoms with E-state index < -0.39 is 0 Å². The van der Waals surface area contributed by atoms with Crippen molar-refractivity contribution in [2.45, 2.75) is 79.1 Å². The number of aliphatic hydroxyl groups excluding tert-OH is 4. The van der Waals surface area contributed by atoms with Crippen molar-refractivity contribution in [1.29, 1.82) is 0 Å². The maximum Gasteiger partial charge on any atom is 0.163 e. The van der Waals surface area contributed by atoms with Gasteiger partial charge in [-0.1, -0.05) is 13.8 Å². The van der Waals surface area contributed by atoms with Crippen LogP contribution >= 0.6 is 0 Å². The number of hydrogen-bond donors (Lipinski definition) is 7. The van der Waals surface area contributed by atoms with E-state index in [1.807, 2.05) is 24.5 Å². The number of nitrogens with zero attached hydrogens (tertiary/aromatic N) is 2. The number of nitrogens with one attached hydrogen (secondary N) is 3. The molecule has 0 atom stereocenters. The molecule has 7 N–H and O–H groups in total. The van der Waals surface area contributed by atoms with Crippen LogP contribution in [0, 0.1) is 6.92 Å². The molecule has 0 spiro atoms. The predicted molar refractivity (Wildman–Crippen MR) is 205 cm³/mol. The monoisotopic (exact) mass is 699 g/mol. The Balaban J connectivity index is 1.75. The van der Waals surface area contributed by atoms with Gasteiger partial charge in [0.15, 0.2) is 11.5 Å². The van der Waals surface area contributed by atoms with E-state index in [0.29, 0.717) is 68.9 Å². The maximum absolute atomic E-state index is 9.75. The molecule has 4 heterocycles.